The molecule has 2 heterocycles. The third-order valence-corrected chi connectivity index (χ3v) is 4.72. The molecular weight excluding hydrogens is 270 g/mol. The summed E-state index contributed by atoms with van der Waals surface area (Å²) < 4.78 is 6.85. The van der Waals surface area contributed by atoms with Gasteiger partial charge < -0.3 is 10.1 Å². The van der Waals surface area contributed by atoms with E-state index in [0.717, 1.165) is 28.5 Å². The number of ether oxygens (including phenoxy) is 1. The van der Waals surface area contributed by atoms with Crippen molar-refractivity contribution in [2.75, 3.05) is 6.61 Å². The highest BCUT2D eigenvalue weighted by Gasteiger charge is 2.30. The summed E-state index contributed by atoms with van der Waals surface area (Å²) in [5.41, 5.74) is 0.641. The minimum atomic E-state index is -0.146. The van der Waals surface area contributed by atoms with E-state index in [0.29, 0.717) is 6.61 Å². The van der Waals surface area contributed by atoms with Crippen LogP contribution in [0.3, 0.4) is 0 Å². The number of rotatable bonds is 2. The summed E-state index contributed by atoms with van der Waals surface area (Å²) in [5.74, 6) is 0.0325. The van der Waals surface area contributed by atoms with Crippen molar-refractivity contribution >= 4 is 27.3 Å². The van der Waals surface area contributed by atoms with Gasteiger partial charge >= 0.3 is 0 Å². The highest BCUT2D eigenvalue weighted by Crippen LogP contribution is 2.27. The van der Waals surface area contributed by atoms with Gasteiger partial charge in [0.1, 0.15) is 0 Å². The lowest BCUT2D eigenvalue weighted by atomic mass is 9.94. The van der Waals surface area contributed by atoms with E-state index in [2.05, 4.69) is 19.2 Å². The van der Waals surface area contributed by atoms with Crippen LogP contribution in [0.4, 0.5) is 0 Å². The van der Waals surface area contributed by atoms with Gasteiger partial charge in [-0.3, -0.25) is 4.79 Å². The van der Waals surface area contributed by atoms with Crippen LogP contribution in [0.25, 0.3) is 10.1 Å². The molecule has 1 aliphatic rings. The first kappa shape index (κ1) is 13.6. The summed E-state index contributed by atoms with van der Waals surface area (Å²) in [7, 11) is 0. The topological polar surface area (TPSA) is 38.3 Å². The van der Waals surface area contributed by atoms with Gasteiger partial charge in [0, 0.05) is 28.1 Å². The number of nitrogens with one attached hydrogen (secondary N) is 1. The van der Waals surface area contributed by atoms with Gasteiger partial charge in [-0.15, -0.1) is 11.3 Å². The first-order valence-corrected chi connectivity index (χ1v) is 7.84. The Morgan fingerprint density at radius 1 is 1.40 bits per heavy atom. The molecule has 1 aromatic carbocycles. The molecule has 3 rings (SSSR count). The second-order valence-electron chi connectivity index (χ2n) is 5.92. The SMILES string of the molecule is CC1(C)CC(NC(=O)c2csc3ccccc23)CCO1. The number of thiophene rings is 1. The summed E-state index contributed by atoms with van der Waals surface area (Å²) in [6, 6.07) is 8.23. The van der Waals surface area contributed by atoms with Crippen molar-refractivity contribution in [1.82, 2.24) is 5.32 Å². The Bertz CT molecular complexity index is 632. The van der Waals surface area contributed by atoms with E-state index in [1.165, 1.54) is 0 Å². The van der Waals surface area contributed by atoms with Crippen molar-refractivity contribution in [2.45, 2.75) is 38.3 Å². The molecule has 0 spiro atoms. The molecule has 20 heavy (non-hydrogen) atoms. The zero-order chi connectivity index (χ0) is 14.2. The third-order valence-electron chi connectivity index (χ3n) is 3.76. The molecule has 1 saturated heterocycles. The van der Waals surface area contributed by atoms with Crippen LogP contribution in [0.5, 0.6) is 0 Å². The average Bonchev–Trinajstić information content (AvgIpc) is 2.81. The molecule has 106 valence electrons. The third kappa shape index (κ3) is 2.72. The molecule has 0 aliphatic carbocycles. The van der Waals surface area contributed by atoms with E-state index in [4.69, 9.17) is 4.74 Å². The summed E-state index contributed by atoms with van der Waals surface area (Å²) in [6.45, 7) is 4.86. The second kappa shape index (κ2) is 5.19. The normalized spacial score (nSPS) is 21.8. The number of hydrogen-bond donors (Lipinski definition) is 1. The lowest BCUT2D eigenvalue weighted by Crippen LogP contribution is -2.45. The van der Waals surface area contributed by atoms with Crippen LogP contribution in [-0.4, -0.2) is 24.2 Å². The van der Waals surface area contributed by atoms with Gasteiger partial charge in [-0.2, -0.15) is 0 Å². The van der Waals surface area contributed by atoms with E-state index in [1.54, 1.807) is 11.3 Å². The van der Waals surface area contributed by atoms with E-state index < -0.39 is 0 Å². The van der Waals surface area contributed by atoms with Gasteiger partial charge in [0.15, 0.2) is 0 Å². The van der Waals surface area contributed by atoms with Gasteiger partial charge in [0.2, 0.25) is 0 Å². The van der Waals surface area contributed by atoms with Crippen LogP contribution in [0.1, 0.15) is 37.0 Å². The van der Waals surface area contributed by atoms with Crippen molar-refractivity contribution in [2.24, 2.45) is 0 Å². The van der Waals surface area contributed by atoms with E-state index >= 15 is 0 Å². The monoisotopic (exact) mass is 289 g/mol. The van der Waals surface area contributed by atoms with Gasteiger partial charge in [0.05, 0.1) is 11.2 Å². The van der Waals surface area contributed by atoms with Crippen molar-refractivity contribution in [3.63, 3.8) is 0 Å². The van der Waals surface area contributed by atoms with E-state index in [9.17, 15) is 4.79 Å². The first-order chi connectivity index (χ1) is 9.55. The minimum absolute atomic E-state index is 0.0325. The molecule has 0 radical (unpaired) electrons. The van der Waals surface area contributed by atoms with Crippen molar-refractivity contribution < 1.29 is 9.53 Å². The van der Waals surface area contributed by atoms with E-state index in [1.807, 2.05) is 29.6 Å². The Morgan fingerprint density at radius 3 is 3.00 bits per heavy atom. The van der Waals surface area contributed by atoms with Crippen LogP contribution in [0.15, 0.2) is 29.6 Å². The molecule has 1 unspecified atom stereocenters. The first-order valence-electron chi connectivity index (χ1n) is 6.96. The lowest BCUT2D eigenvalue weighted by Gasteiger charge is -2.35. The molecule has 1 fully saturated rings. The number of benzene rings is 1. The predicted molar refractivity (Wildman–Crippen MR) is 82.3 cm³/mol. The van der Waals surface area contributed by atoms with E-state index in [-0.39, 0.29) is 17.6 Å². The smallest absolute Gasteiger partial charge is 0.252 e. The average molecular weight is 289 g/mol. The molecular formula is C16H19NO2S. The van der Waals surface area contributed by atoms with Crippen LogP contribution in [0.2, 0.25) is 0 Å². The van der Waals surface area contributed by atoms with Gasteiger partial charge in [-0.05, 0) is 32.8 Å². The maximum atomic E-state index is 12.5. The molecule has 0 bridgehead atoms. The Labute approximate surface area is 122 Å². The van der Waals surface area contributed by atoms with Crippen molar-refractivity contribution in [3.05, 3.63) is 35.2 Å². The number of carbonyl (C=O) groups excluding carboxylic acids is 1. The Morgan fingerprint density at radius 2 is 2.20 bits per heavy atom. The fourth-order valence-corrected chi connectivity index (χ4v) is 3.71. The summed E-state index contributed by atoms with van der Waals surface area (Å²) in [6.07, 6.45) is 1.75. The summed E-state index contributed by atoms with van der Waals surface area (Å²) >= 11 is 1.62. The van der Waals surface area contributed by atoms with Crippen LogP contribution in [0, 0.1) is 0 Å². The molecule has 1 atom stereocenters. The molecule has 4 heteroatoms. The highest BCUT2D eigenvalue weighted by molar-refractivity contribution is 7.17. The zero-order valence-electron chi connectivity index (χ0n) is 11.8. The summed E-state index contributed by atoms with van der Waals surface area (Å²) in [5, 5.41) is 6.15. The molecule has 2 aromatic rings. The zero-order valence-corrected chi connectivity index (χ0v) is 12.6. The molecule has 3 nitrogen and oxygen atoms in total. The number of carbonyl (C=O) groups is 1. The van der Waals surface area contributed by atoms with Crippen molar-refractivity contribution in [3.8, 4) is 0 Å². The standard InChI is InChI=1S/C16H19NO2S/c1-16(2)9-11(7-8-19-16)17-15(18)13-10-20-14-6-4-3-5-12(13)14/h3-6,10-11H,7-9H2,1-2H3,(H,17,18). The molecule has 1 amide bonds. The highest BCUT2D eigenvalue weighted by atomic mass is 32.1. The van der Waals surface area contributed by atoms with Crippen LogP contribution < -0.4 is 5.32 Å². The molecule has 1 N–H and O–H groups in total. The Kier molecular flexibility index (Phi) is 3.52. The maximum absolute atomic E-state index is 12.5. The molecule has 1 aromatic heterocycles. The fourth-order valence-electron chi connectivity index (χ4n) is 2.77. The van der Waals surface area contributed by atoms with Crippen LogP contribution in [-0.2, 0) is 4.74 Å². The largest absolute Gasteiger partial charge is 0.375 e. The second-order valence-corrected chi connectivity index (χ2v) is 6.83. The fraction of sp³-hybridized carbons (Fsp3) is 0.438. The van der Waals surface area contributed by atoms with Crippen LogP contribution >= 0.6 is 11.3 Å². The quantitative estimate of drug-likeness (QED) is 0.917. The molecule has 1 aliphatic heterocycles. The number of amides is 1. The Hall–Kier alpha value is -1.39. The lowest BCUT2D eigenvalue weighted by molar-refractivity contribution is -0.0615. The maximum Gasteiger partial charge on any atom is 0.252 e. The van der Waals surface area contributed by atoms with Gasteiger partial charge in [-0.25, -0.2) is 0 Å². The number of hydrogen-bond acceptors (Lipinski definition) is 3. The Balaban J connectivity index is 1.76. The predicted octanol–water partition coefficient (Wildman–Crippen LogP) is 3.59. The van der Waals surface area contributed by atoms with Gasteiger partial charge in [0.25, 0.3) is 5.91 Å². The number of fused-ring (bicyclic) bond motifs is 1. The van der Waals surface area contributed by atoms with Crippen molar-refractivity contribution in [1.29, 1.82) is 0 Å². The minimum Gasteiger partial charge on any atom is -0.375 e. The summed E-state index contributed by atoms with van der Waals surface area (Å²) in [4.78, 5) is 12.5. The molecule has 0 saturated carbocycles. The van der Waals surface area contributed by atoms with Gasteiger partial charge in [-0.1, -0.05) is 18.2 Å².